The van der Waals surface area contributed by atoms with Gasteiger partial charge in [0.25, 0.3) is 0 Å². The molecule has 0 radical (unpaired) electrons. The molecule has 1 heterocycles. The molecular weight excluding hydrogens is 318 g/mol. The number of hydrogen-bond acceptors (Lipinski definition) is 3. The highest BCUT2D eigenvalue weighted by atomic mass is 32.1. The molecule has 0 unspecified atom stereocenters. The number of ether oxygens (including phenoxy) is 1. The van der Waals surface area contributed by atoms with Crippen molar-refractivity contribution in [1.29, 1.82) is 0 Å². The van der Waals surface area contributed by atoms with E-state index in [1.54, 1.807) is 18.4 Å². The van der Waals surface area contributed by atoms with Gasteiger partial charge in [0.1, 0.15) is 0 Å². The summed E-state index contributed by atoms with van der Waals surface area (Å²) in [4.78, 5) is 8.41. The van der Waals surface area contributed by atoms with E-state index >= 15 is 0 Å². The van der Waals surface area contributed by atoms with Crippen LogP contribution in [0.5, 0.6) is 0 Å². The molecule has 1 N–H and O–H groups in total. The minimum atomic E-state index is 0.621. The molecule has 1 aromatic carbocycles. The molecule has 24 heavy (non-hydrogen) atoms. The van der Waals surface area contributed by atoms with Crippen molar-refractivity contribution < 1.29 is 4.74 Å². The van der Waals surface area contributed by atoms with Crippen LogP contribution in [-0.2, 0) is 24.3 Å². The molecule has 0 atom stereocenters. The summed E-state index contributed by atoms with van der Waals surface area (Å²) < 4.78 is 5.28. The van der Waals surface area contributed by atoms with E-state index in [-0.39, 0.29) is 0 Å². The third-order valence-corrected chi connectivity index (χ3v) is 4.72. The summed E-state index contributed by atoms with van der Waals surface area (Å²) in [6, 6.07) is 12.6. The highest BCUT2D eigenvalue weighted by molar-refractivity contribution is 7.09. The van der Waals surface area contributed by atoms with Crippen LogP contribution in [0.4, 0.5) is 0 Å². The van der Waals surface area contributed by atoms with Gasteiger partial charge in [0, 0.05) is 32.1 Å². The molecule has 5 heteroatoms. The summed E-state index contributed by atoms with van der Waals surface area (Å²) in [6.07, 6.45) is 1.04. The van der Waals surface area contributed by atoms with Gasteiger partial charge in [-0.3, -0.25) is 0 Å². The molecule has 0 aliphatic heterocycles. The highest BCUT2D eigenvalue weighted by Crippen LogP contribution is 2.12. The summed E-state index contributed by atoms with van der Waals surface area (Å²) >= 11 is 1.81. The quantitative estimate of drug-likeness (QED) is 0.587. The first kappa shape index (κ1) is 18.5. The van der Waals surface area contributed by atoms with Crippen LogP contribution in [0.1, 0.15) is 22.9 Å². The molecule has 4 nitrogen and oxygen atoms in total. The zero-order valence-corrected chi connectivity index (χ0v) is 15.6. The minimum Gasteiger partial charge on any atom is -0.380 e. The topological polar surface area (TPSA) is 36.9 Å². The predicted octanol–water partition coefficient (Wildman–Crippen LogP) is 3.53. The maximum atomic E-state index is 5.28. The van der Waals surface area contributed by atoms with Gasteiger partial charge in [0.2, 0.25) is 0 Å². The zero-order valence-electron chi connectivity index (χ0n) is 14.8. The average Bonchev–Trinajstić information content (AvgIpc) is 3.11. The second-order valence-electron chi connectivity index (χ2n) is 5.62. The molecule has 0 saturated heterocycles. The van der Waals surface area contributed by atoms with Crippen molar-refractivity contribution in [3.63, 3.8) is 0 Å². The molecule has 2 rings (SSSR count). The summed E-state index contributed by atoms with van der Waals surface area (Å²) in [7, 11) is 3.82. The Kier molecular flexibility index (Phi) is 7.79. The Bertz CT molecular complexity index is 625. The number of nitrogens with one attached hydrogen (secondary N) is 1. The number of methoxy groups -OCH3 is 1. The first-order chi connectivity index (χ1) is 11.7. The number of hydrogen-bond donors (Lipinski definition) is 1. The fraction of sp³-hybridized carbons (Fsp3) is 0.421. The van der Waals surface area contributed by atoms with Crippen molar-refractivity contribution in [2.24, 2.45) is 4.99 Å². The van der Waals surface area contributed by atoms with Crippen LogP contribution < -0.4 is 5.32 Å². The van der Waals surface area contributed by atoms with Crippen molar-refractivity contribution in [3.8, 4) is 0 Å². The van der Waals surface area contributed by atoms with Crippen molar-refractivity contribution >= 4 is 17.3 Å². The van der Waals surface area contributed by atoms with Crippen LogP contribution in [0.3, 0.4) is 0 Å². The monoisotopic (exact) mass is 345 g/mol. The van der Waals surface area contributed by atoms with Crippen molar-refractivity contribution in [2.45, 2.75) is 26.5 Å². The highest BCUT2D eigenvalue weighted by Gasteiger charge is 2.07. The van der Waals surface area contributed by atoms with Gasteiger partial charge in [-0.05, 0) is 35.9 Å². The Morgan fingerprint density at radius 2 is 2.00 bits per heavy atom. The Labute approximate surface area is 149 Å². The van der Waals surface area contributed by atoms with Gasteiger partial charge < -0.3 is 15.0 Å². The van der Waals surface area contributed by atoms with Gasteiger partial charge >= 0.3 is 0 Å². The van der Waals surface area contributed by atoms with Gasteiger partial charge in [-0.15, -0.1) is 11.3 Å². The van der Waals surface area contributed by atoms with E-state index in [1.165, 1.54) is 16.0 Å². The van der Waals surface area contributed by atoms with E-state index in [1.807, 2.05) is 6.07 Å². The fourth-order valence-corrected chi connectivity index (χ4v) is 3.17. The number of likely N-dealkylation sites (N-methyl/N-ethyl adjacent to an activating group) is 1. The SMILES string of the molecule is CCNC(=NCc1ccccc1COC)N(C)CCc1cccs1. The maximum Gasteiger partial charge on any atom is 0.193 e. The van der Waals surface area contributed by atoms with Crippen molar-refractivity contribution in [1.82, 2.24) is 10.2 Å². The molecule has 130 valence electrons. The van der Waals surface area contributed by atoms with Crippen LogP contribution >= 0.6 is 11.3 Å². The number of thiophene rings is 1. The van der Waals surface area contributed by atoms with Crippen LogP contribution in [-0.4, -0.2) is 38.1 Å². The molecule has 0 spiro atoms. The second kappa shape index (κ2) is 10.1. The number of nitrogens with zero attached hydrogens (tertiary/aromatic N) is 2. The lowest BCUT2D eigenvalue weighted by atomic mass is 10.1. The van der Waals surface area contributed by atoms with E-state index in [2.05, 4.69) is 59.9 Å². The minimum absolute atomic E-state index is 0.621. The van der Waals surface area contributed by atoms with Gasteiger partial charge in [-0.2, -0.15) is 0 Å². The number of rotatable bonds is 8. The van der Waals surface area contributed by atoms with Gasteiger partial charge in [-0.25, -0.2) is 4.99 Å². The van der Waals surface area contributed by atoms with Crippen molar-refractivity contribution in [2.75, 3.05) is 27.2 Å². The molecule has 1 aromatic heterocycles. The number of aliphatic imine (C=N–C) groups is 1. The normalized spacial score (nSPS) is 11.5. The van der Waals surface area contributed by atoms with E-state index in [9.17, 15) is 0 Å². The lowest BCUT2D eigenvalue weighted by Gasteiger charge is -2.22. The summed E-state index contributed by atoms with van der Waals surface area (Å²) in [5.74, 6) is 0.946. The van der Waals surface area contributed by atoms with Gasteiger partial charge in [0.05, 0.1) is 13.2 Å². The number of guanidine groups is 1. The summed E-state index contributed by atoms with van der Waals surface area (Å²) in [5.41, 5.74) is 2.40. The standard InChI is InChI=1S/C19H27N3OS/c1-4-20-19(22(2)12-11-18-10-7-13-24-18)21-14-16-8-5-6-9-17(16)15-23-3/h5-10,13H,4,11-12,14-15H2,1-3H3,(H,20,21). The molecule has 0 aliphatic rings. The maximum absolute atomic E-state index is 5.28. The van der Waals surface area contributed by atoms with Crippen LogP contribution in [0, 0.1) is 0 Å². The van der Waals surface area contributed by atoms with Crippen molar-refractivity contribution in [3.05, 3.63) is 57.8 Å². The third kappa shape index (κ3) is 5.65. The molecule has 0 bridgehead atoms. The van der Waals surface area contributed by atoms with Crippen LogP contribution in [0.25, 0.3) is 0 Å². The van der Waals surface area contributed by atoms with E-state index < -0.39 is 0 Å². The molecule has 0 saturated carbocycles. The van der Waals surface area contributed by atoms with Gasteiger partial charge in [-0.1, -0.05) is 30.3 Å². The molecule has 0 aliphatic carbocycles. The summed E-state index contributed by atoms with van der Waals surface area (Å²) in [6.45, 7) is 5.19. The molecule has 2 aromatic rings. The molecule has 0 amide bonds. The summed E-state index contributed by atoms with van der Waals surface area (Å²) in [5, 5.41) is 5.51. The third-order valence-electron chi connectivity index (χ3n) is 3.79. The molecule has 0 fully saturated rings. The lowest BCUT2D eigenvalue weighted by Crippen LogP contribution is -2.39. The largest absolute Gasteiger partial charge is 0.380 e. The van der Waals surface area contributed by atoms with Gasteiger partial charge in [0.15, 0.2) is 5.96 Å². The predicted molar refractivity (Wildman–Crippen MR) is 103 cm³/mol. The first-order valence-electron chi connectivity index (χ1n) is 8.32. The fourth-order valence-electron chi connectivity index (χ4n) is 2.48. The molecular formula is C19H27N3OS. The average molecular weight is 346 g/mol. The zero-order chi connectivity index (χ0) is 17.2. The van der Waals surface area contributed by atoms with Crippen LogP contribution in [0.15, 0.2) is 46.8 Å². The Hall–Kier alpha value is -1.85. The van der Waals surface area contributed by atoms with E-state index in [0.29, 0.717) is 13.2 Å². The number of benzene rings is 1. The van der Waals surface area contributed by atoms with E-state index in [4.69, 9.17) is 9.73 Å². The lowest BCUT2D eigenvalue weighted by molar-refractivity contribution is 0.184. The van der Waals surface area contributed by atoms with Crippen LogP contribution in [0.2, 0.25) is 0 Å². The Morgan fingerprint density at radius 1 is 1.21 bits per heavy atom. The second-order valence-corrected chi connectivity index (χ2v) is 6.66. The van der Waals surface area contributed by atoms with E-state index in [0.717, 1.165) is 25.5 Å². The Morgan fingerprint density at radius 3 is 2.67 bits per heavy atom. The smallest absolute Gasteiger partial charge is 0.193 e. The Balaban J connectivity index is 2.01. The first-order valence-corrected chi connectivity index (χ1v) is 9.20.